The molecule has 132 valence electrons. The van der Waals surface area contributed by atoms with Crippen molar-refractivity contribution in [1.29, 1.82) is 0 Å². The van der Waals surface area contributed by atoms with Gasteiger partial charge in [0.05, 0.1) is 11.5 Å². The number of nitrogens with one attached hydrogen (secondary N) is 1. The standard InChI is InChI=1S/C17H20F3NO3/c18-17(19,20)13-2-1-3-14(10-13)21-15(22)9-6-11-4-7-12(8-5-11)16(23)24/h4-5,7-8,13-14H,1-3,6,9-10H2,(H,21,22)(H,23,24)/t13-,14+/m0/s1. The van der Waals surface area contributed by atoms with Crippen LogP contribution in [0.25, 0.3) is 0 Å². The molecule has 0 bridgehead atoms. The molecule has 0 saturated heterocycles. The molecule has 1 aromatic carbocycles. The topological polar surface area (TPSA) is 66.4 Å². The summed E-state index contributed by atoms with van der Waals surface area (Å²) in [4.78, 5) is 22.7. The third-order valence-corrected chi connectivity index (χ3v) is 4.34. The molecule has 0 spiro atoms. The Kier molecular flexibility index (Phi) is 5.85. The first-order valence-corrected chi connectivity index (χ1v) is 7.94. The van der Waals surface area contributed by atoms with Crippen LogP contribution < -0.4 is 5.32 Å². The van der Waals surface area contributed by atoms with Gasteiger partial charge < -0.3 is 10.4 Å². The molecule has 0 aromatic heterocycles. The summed E-state index contributed by atoms with van der Waals surface area (Å²) in [5.41, 5.74) is 0.982. The Hall–Kier alpha value is -2.05. The molecule has 2 atom stereocenters. The smallest absolute Gasteiger partial charge is 0.391 e. The first-order valence-electron chi connectivity index (χ1n) is 7.94. The summed E-state index contributed by atoms with van der Waals surface area (Å²) in [5, 5.41) is 11.5. The second-order valence-corrected chi connectivity index (χ2v) is 6.17. The zero-order valence-electron chi connectivity index (χ0n) is 13.1. The normalized spacial score (nSPS) is 21.3. The summed E-state index contributed by atoms with van der Waals surface area (Å²) in [5.74, 6) is -2.62. The monoisotopic (exact) mass is 343 g/mol. The molecule has 1 fully saturated rings. The van der Waals surface area contributed by atoms with Crippen LogP contribution in [0.5, 0.6) is 0 Å². The number of amides is 1. The van der Waals surface area contributed by atoms with Crippen LogP contribution in [0.3, 0.4) is 0 Å². The Labute approximate surface area is 138 Å². The van der Waals surface area contributed by atoms with Gasteiger partial charge in [-0.1, -0.05) is 18.6 Å². The molecule has 2 rings (SSSR count). The summed E-state index contributed by atoms with van der Waals surface area (Å²) >= 11 is 0. The molecule has 24 heavy (non-hydrogen) atoms. The van der Waals surface area contributed by atoms with E-state index in [9.17, 15) is 22.8 Å². The highest BCUT2D eigenvalue weighted by atomic mass is 19.4. The molecule has 1 amide bonds. The predicted molar refractivity (Wildman–Crippen MR) is 81.7 cm³/mol. The van der Waals surface area contributed by atoms with E-state index in [2.05, 4.69) is 5.32 Å². The quantitative estimate of drug-likeness (QED) is 0.859. The Bertz CT molecular complexity index is 584. The van der Waals surface area contributed by atoms with Crippen molar-refractivity contribution in [1.82, 2.24) is 5.32 Å². The number of halogens is 3. The SMILES string of the molecule is O=C(CCc1ccc(C(=O)O)cc1)N[C@@H]1CCC[C@H](C(F)(F)F)C1. The van der Waals surface area contributed by atoms with E-state index < -0.39 is 24.1 Å². The minimum Gasteiger partial charge on any atom is -0.478 e. The maximum atomic E-state index is 12.8. The number of hydrogen-bond acceptors (Lipinski definition) is 2. The second kappa shape index (κ2) is 7.68. The van der Waals surface area contributed by atoms with Gasteiger partial charge in [0.25, 0.3) is 0 Å². The van der Waals surface area contributed by atoms with E-state index >= 15 is 0 Å². The van der Waals surface area contributed by atoms with Crippen LogP contribution in [0.4, 0.5) is 13.2 Å². The molecule has 1 aromatic rings. The van der Waals surface area contributed by atoms with Gasteiger partial charge >= 0.3 is 12.1 Å². The van der Waals surface area contributed by atoms with Gasteiger partial charge in [-0.05, 0) is 43.4 Å². The Morgan fingerprint density at radius 3 is 2.42 bits per heavy atom. The lowest BCUT2D eigenvalue weighted by atomic mass is 9.85. The van der Waals surface area contributed by atoms with E-state index in [1.807, 2.05) is 0 Å². The predicted octanol–water partition coefficient (Wildman–Crippen LogP) is 3.55. The van der Waals surface area contributed by atoms with Gasteiger partial charge in [-0.3, -0.25) is 4.79 Å². The van der Waals surface area contributed by atoms with Gasteiger partial charge in [0.15, 0.2) is 0 Å². The van der Waals surface area contributed by atoms with Gasteiger partial charge in [-0.25, -0.2) is 4.79 Å². The molecule has 1 saturated carbocycles. The second-order valence-electron chi connectivity index (χ2n) is 6.17. The van der Waals surface area contributed by atoms with E-state index in [4.69, 9.17) is 5.11 Å². The first kappa shape index (κ1) is 18.3. The molecular formula is C17H20F3NO3. The number of aromatic carboxylic acids is 1. The average Bonchev–Trinajstić information content (AvgIpc) is 2.53. The highest BCUT2D eigenvalue weighted by Crippen LogP contribution is 2.37. The third kappa shape index (κ3) is 5.25. The van der Waals surface area contributed by atoms with Crippen LogP contribution in [0, 0.1) is 5.92 Å². The van der Waals surface area contributed by atoms with E-state index in [1.165, 1.54) is 12.1 Å². The lowest BCUT2D eigenvalue weighted by Crippen LogP contribution is -2.41. The Morgan fingerprint density at radius 2 is 1.83 bits per heavy atom. The van der Waals surface area contributed by atoms with Crippen LogP contribution in [-0.4, -0.2) is 29.2 Å². The van der Waals surface area contributed by atoms with Crippen molar-refractivity contribution in [3.05, 3.63) is 35.4 Å². The minimum atomic E-state index is -4.20. The average molecular weight is 343 g/mol. The van der Waals surface area contributed by atoms with Crippen LogP contribution in [0.15, 0.2) is 24.3 Å². The molecule has 0 heterocycles. The van der Waals surface area contributed by atoms with Gasteiger partial charge in [-0.15, -0.1) is 0 Å². The van der Waals surface area contributed by atoms with Crippen molar-refractivity contribution in [3.8, 4) is 0 Å². The molecule has 7 heteroatoms. The number of aryl methyl sites for hydroxylation is 1. The van der Waals surface area contributed by atoms with E-state index in [1.54, 1.807) is 12.1 Å². The minimum absolute atomic E-state index is 0.0530. The van der Waals surface area contributed by atoms with Crippen molar-refractivity contribution < 1.29 is 27.9 Å². The summed E-state index contributed by atoms with van der Waals surface area (Å²) < 4.78 is 38.3. The highest BCUT2D eigenvalue weighted by molar-refractivity contribution is 5.87. The lowest BCUT2D eigenvalue weighted by Gasteiger charge is -2.31. The Morgan fingerprint density at radius 1 is 1.17 bits per heavy atom. The third-order valence-electron chi connectivity index (χ3n) is 4.34. The molecule has 0 unspecified atom stereocenters. The van der Waals surface area contributed by atoms with Crippen molar-refractivity contribution in [3.63, 3.8) is 0 Å². The summed E-state index contributed by atoms with van der Waals surface area (Å²) in [7, 11) is 0. The van der Waals surface area contributed by atoms with Crippen LogP contribution in [-0.2, 0) is 11.2 Å². The number of carboxylic acid groups (broad SMARTS) is 1. The van der Waals surface area contributed by atoms with Crippen molar-refractivity contribution in [2.24, 2.45) is 5.92 Å². The van der Waals surface area contributed by atoms with Crippen LogP contribution in [0.1, 0.15) is 48.0 Å². The van der Waals surface area contributed by atoms with Gasteiger partial charge in [0.2, 0.25) is 5.91 Å². The van der Waals surface area contributed by atoms with Gasteiger partial charge in [0.1, 0.15) is 0 Å². The number of carboxylic acids is 1. The number of hydrogen-bond donors (Lipinski definition) is 2. The maximum absolute atomic E-state index is 12.8. The summed E-state index contributed by atoms with van der Waals surface area (Å²) in [6, 6.07) is 5.77. The van der Waals surface area contributed by atoms with Gasteiger partial charge in [-0.2, -0.15) is 13.2 Å². The summed E-state index contributed by atoms with van der Waals surface area (Å²) in [6.07, 6.45) is -2.50. The zero-order chi connectivity index (χ0) is 17.7. The van der Waals surface area contributed by atoms with E-state index in [-0.39, 0.29) is 30.7 Å². The van der Waals surface area contributed by atoms with E-state index in [0.29, 0.717) is 19.3 Å². The van der Waals surface area contributed by atoms with Crippen LogP contribution in [0.2, 0.25) is 0 Å². The van der Waals surface area contributed by atoms with Crippen LogP contribution >= 0.6 is 0 Å². The van der Waals surface area contributed by atoms with Crippen molar-refractivity contribution >= 4 is 11.9 Å². The number of rotatable bonds is 5. The largest absolute Gasteiger partial charge is 0.478 e. The number of carbonyl (C=O) groups excluding carboxylic acids is 1. The first-order chi connectivity index (χ1) is 11.3. The molecule has 0 radical (unpaired) electrons. The highest BCUT2D eigenvalue weighted by Gasteiger charge is 2.42. The van der Waals surface area contributed by atoms with E-state index in [0.717, 1.165) is 5.56 Å². The number of alkyl halides is 3. The zero-order valence-corrected chi connectivity index (χ0v) is 13.1. The number of carbonyl (C=O) groups is 2. The number of benzene rings is 1. The molecular weight excluding hydrogens is 323 g/mol. The van der Waals surface area contributed by atoms with Gasteiger partial charge in [0, 0.05) is 12.5 Å². The molecule has 0 aliphatic heterocycles. The molecule has 2 N–H and O–H groups in total. The van der Waals surface area contributed by atoms with Crippen molar-refractivity contribution in [2.75, 3.05) is 0 Å². The fourth-order valence-electron chi connectivity index (χ4n) is 2.99. The summed E-state index contributed by atoms with van der Waals surface area (Å²) in [6.45, 7) is 0. The fraction of sp³-hybridized carbons (Fsp3) is 0.529. The molecule has 1 aliphatic rings. The molecule has 1 aliphatic carbocycles. The molecule has 4 nitrogen and oxygen atoms in total. The maximum Gasteiger partial charge on any atom is 0.391 e. The Balaban J connectivity index is 1.79. The van der Waals surface area contributed by atoms with Crippen molar-refractivity contribution in [2.45, 2.75) is 50.7 Å². The lowest BCUT2D eigenvalue weighted by molar-refractivity contribution is -0.184. The fourth-order valence-corrected chi connectivity index (χ4v) is 2.99.